The number of nitrogens with two attached hydrogens (primary N) is 1. The van der Waals surface area contributed by atoms with Gasteiger partial charge in [-0.05, 0) is 37.3 Å². The van der Waals surface area contributed by atoms with Gasteiger partial charge >= 0.3 is 0 Å². The van der Waals surface area contributed by atoms with Crippen LogP contribution in [0.1, 0.15) is 29.8 Å². The van der Waals surface area contributed by atoms with E-state index in [9.17, 15) is 0 Å². The zero-order valence-electron chi connectivity index (χ0n) is 12.5. The molecule has 1 unspecified atom stereocenters. The van der Waals surface area contributed by atoms with Gasteiger partial charge in [-0.2, -0.15) is 4.98 Å². The number of benzene rings is 1. The number of aromatic nitrogens is 3. The maximum absolute atomic E-state index is 6.01. The van der Waals surface area contributed by atoms with Crippen molar-refractivity contribution in [3.05, 3.63) is 41.2 Å². The lowest BCUT2D eigenvalue weighted by atomic mass is 10.0. The zero-order valence-corrected chi connectivity index (χ0v) is 12.5. The Balaban J connectivity index is 1.61. The molecule has 1 aromatic heterocycles. The first-order chi connectivity index (χ1) is 10.2. The second-order valence-corrected chi connectivity index (χ2v) is 5.86. The third-order valence-corrected chi connectivity index (χ3v) is 4.15. The van der Waals surface area contributed by atoms with Gasteiger partial charge in [0, 0.05) is 25.6 Å². The fourth-order valence-corrected chi connectivity index (χ4v) is 2.87. The minimum atomic E-state index is 0.243. The van der Waals surface area contributed by atoms with Crippen LogP contribution in [0.25, 0.3) is 0 Å². The van der Waals surface area contributed by atoms with Gasteiger partial charge in [0.25, 0.3) is 0 Å². The van der Waals surface area contributed by atoms with E-state index in [1.807, 2.05) is 0 Å². The highest BCUT2D eigenvalue weighted by Crippen LogP contribution is 2.16. The Morgan fingerprint density at radius 2 is 2.19 bits per heavy atom. The molecule has 112 valence electrons. The van der Waals surface area contributed by atoms with E-state index >= 15 is 0 Å². The number of aromatic amines is 1. The largest absolute Gasteiger partial charge is 0.338 e. The molecule has 0 radical (unpaired) electrons. The molecule has 1 fully saturated rings. The Morgan fingerprint density at radius 3 is 3.00 bits per heavy atom. The second-order valence-electron chi connectivity index (χ2n) is 5.86. The molecule has 0 spiro atoms. The van der Waals surface area contributed by atoms with Crippen molar-refractivity contribution in [2.75, 3.05) is 18.0 Å². The van der Waals surface area contributed by atoms with Crippen molar-refractivity contribution < 1.29 is 0 Å². The number of rotatable bonds is 4. The van der Waals surface area contributed by atoms with Gasteiger partial charge in [0.2, 0.25) is 5.95 Å². The van der Waals surface area contributed by atoms with Gasteiger partial charge in [0.1, 0.15) is 5.82 Å². The van der Waals surface area contributed by atoms with Gasteiger partial charge in [-0.1, -0.05) is 24.3 Å². The average molecular weight is 285 g/mol. The Hall–Kier alpha value is -1.88. The van der Waals surface area contributed by atoms with Crippen molar-refractivity contribution in [1.29, 1.82) is 0 Å². The lowest BCUT2D eigenvalue weighted by molar-refractivity contribution is 0.500. The Kier molecular flexibility index (Phi) is 4.20. The highest BCUT2D eigenvalue weighted by molar-refractivity contribution is 5.30. The van der Waals surface area contributed by atoms with Crippen molar-refractivity contribution in [2.24, 2.45) is 5.73 Å². The third-order valence-electron chi connectivity index (χ3n) is 4.15. The number of nitrogens with one attached hydrogen (secondary N) is 1. The minimum absolute atomic E-state index is 0.243. The van der Waals surface area contributed by atoms with Crippen LogP contribution in [-0.2, 0) is 12.8 Å². The van der Waals surface area contributed by atoms with Crippen molar-refractivity contribution in [1.82, 2.24) is 15.2 Å². The van der Waals surface area contributed by atoms with Gasteiger partial charge < -0.3 is 10.6 Å². The molecule has 3 rings (SSSR count). The zero-order chi connectivity index (χ0) is 14.7. The van der Waals surface area contributed by atoms with Crippen molar-refractivity contribution in [3.8, 4) is 0 Å². The van der Waals surface area contributed by atoms with E-state index in [4.69, 9.17) is 5.73 Å². The monoisotopic (exact) mass is 285 g/mol. The Labute approximate surface area is 125 Å². The number of nitrogens with zero attached hydrogens (tertiary/aromatic N) is 3. The molecular weight excluding hydrogens is 262 g/mol. The van der Waals surface area contributed by atoms with Gasteiger partial charge in [0.05, 0.1) is 0 Å². The first-order valence-electron chi connectivity index (χ1n) is 7.68. The first-order valence-corrected chi connectivity index (χ1v) is 7.68. The summed E-state index contributed by atoms with van der Waals surface area (Å²) < 4.78 is 0. The maximum atomic E-state index is 6.01. The summed E-state index contributed by atoms with van der Waals surface area (Å²) in [7, 11) is 0. The van der Waals surface area contributed by atoms with E-state index in [0.717, 1.165) is 50.5 Å². The van der Waals surface area contributed by atoms with Crippen LogP contribution in [0.4, 0.5) is 5.95 Å². The lowest BCUT2D eigenvalue weighted by Crippen LogP contribution is -2.43. The number of H-pyrrole nitrogens is 1. The topological polar surface area (TPSA) is 70.8 Å². The molecule has 1 atom stereocenters. The van der Waals surface area contributed by atoms with Gasteiger partial charge in [-0.25, -0.2) is 0 Å². The van der Waals surface area contributed by atoms with Crippen LogP contribution in [0.5, 0.6) is 0 Å². The van der Waals surface area contributed by atoms with E-state index in [0.29, 0.717) is 0 Å². The normalized spacial score (nSPS) is 19.0. The van der Waals surface area contributed by atoms with Gasteiger partial charge in [-0.3, -0.25) is 5.10 Å². The molecule has 1 aromatic carbocycles. The molecule has 1 saturated heterocycles. The standard InChI is InChI=1S/C16H23N5/c1-12-5-2-3-6-13(12)8-9-15-18-16(20-19-15)21-10-4-7-14(17)11-21/h2-3,5-6,14H,4,7-11,17H2,1H3,(H,18,19,20). The lowest BCUT2D eigenvalue weighted by Gasteiger charge is -2.29. The average Bonchev–Trinajstić information content (AvgIpc) is 2.95. The number of hydrogen-bond acceptors (Lipinski definition) is 4. The second kappa shape index (κ2) is 6.26. The van der Waals surface area contributed by atoms with Crippen LogP contribution in [-0.4, -0.2) is 34.3 Å². The fraction of sp³-hybridized carbons (Fsp3) is 0.500. The number of piperidine rings is 1. The Bertz CT molecular complexity index is 592. The molecule has 1 aliphatic heterocycles. The third kappa shape index (κ3) is 3.42. The van der Waals surface area contributed by atoms with Crippen molar-refractivity contribution in [3.63, 3.8) is 0 Å². The summed E-state index contributed by atoms with van der Waals surface area (Å²) in [6, 6.07) is 8.73. The van der Waals surface area contributed by atoms with Crippen LogP contribution in [0.15, 0.2) is 24.3 Å². The van der Waals surface area contributed by atoms with Gasteiger partial charge in [0.15, 0.2) is 0 Å². The molecule has 0 bridgehead atoms. The van der Waals surface area contributed by atoms with Crippen molar-refractivity contribution in [2.45, 2.75) is 38.6 Å². The number of hydrogen-bond donors (Lipinski definition) is 2. The molecule has 5 nitrogen and oxygen atoms in total. The summed E-state index contributed by atoms with van der Waals surface area (Å²) >= 11 is 0. The summed E-state index contributed by atoms with van der Waals surface area (Å²) in [5, 5.41) is 7.41. The predicted molar refractivity (Wildman–Crippen MR) is 84.4 cm³/mol. The van der Waals surface area contributed by atoms with Crippen molar-refractivity contribution >= 4 is 5.95 Å². The summed E-state index contributed by atoms with van der Waals surface area (Å²) in [6.07, 6.45) is 4.09. The van der Waals surface area contributed by atoms with E-state index in [1.54, 1.807) is 0 Å². The van der Waals surface area contributed by atoms with E-state index in [1.165, 1.54) is 11.1 Å². The minimum Gasteiger partial charge on any atom is -0.338 e. The summed E-state index contributed by atoms with van der Waals surface area (Å²) in [4.78, 5) is 6.80. The number of aryl methyl sites for hydroxylation is 3. The Morgan fingerprint density at radius 1 is 1.33 bits per heavy atom. The van der Waals surface area contributed by atoms with E-state index in [-0.39, 0.29) is 6.04 Å². The van der Waals surface area contributed by atoms with Crippen LogP contribution in [0, 0.1) is 6.92 Å². The molecule has 2 heterocycles. The van der Waals surface area contributed by atoms with Gasteiger partial charge in [-0.15, -0.1) is 5.10 Å². The van der Waals surface area contributed by atoms with Crippen LogP contribution >= 0.6 is 0 Å². The molecule has 2 aromatic rings. The molecule has 5 heteroatoms. The maximum Gasteiger partial charge on any atom is 0.244 e. The molecule has 3 N–H and O–H groups in total. The molecule has 0 amide bonds. The molecule has 0 saturated carbocycles. The summed E-state index contributed by atoms with van der Waals surface area (Å²) in [5.41, 5.74) is 8.72. The van der Waals surface area contributed by atoms with Crippen LogP contribution in [0.3, 0.4) is 0 Å². The summed E-state index contributed by atoms with van der Waals surface area (Å²) in [6.45, 7) is 4.01. The summed E-state index contributed by atoms with van der Waals surface area (Å²) in [5.74, 6) is 1.75. The predicted octanol–water partition coefficient (Wildman–Crippen LogP) is 1.83. The number of anilines is 1. The molecule has 21 heavy (non-hydrogen) atoms. The SMILES string of the molecule is Cc1ccccc1CCc1nc(N2CCCC(N)C2)n[nH]1. The quantitative estimate of drug-likeness (QED) is 0.899. The highest BCUT2D eigenvalue weighted by atomic mass is 15.4. The molecule has 0 aliphatic carbocycles. The fourth-order valence-electron chi connectivity index (χ4n) is 2.87. The molecule has 1 aliphatic rings. The van der Waals surface area contributed by atoms with E-state index < -0.39 is 0 Å². The highest BCUT2D eigenvalue weighted by Gasteiger charge is 2.20. The van der Waals surface area contributed by atoms with E-state index in [2.05, 4.69) is 51.3 Å². The first kappa shape index (κ1) is 14.1. The molecular formula is C16H23N5. The van der Waals surface area contributed by atoms with Crippen LogP contribution in [0.2, 0.25) is 0 Å². The van der Waals surface area contributed by atoms with Crippen LogP contribution < -0.4 is 10.6 Å². The smallest absolute Gasteiger partial charge is 0.244 e.